The Bertz CT molecular complexity index is 1300. The highest BCUT2D eigenvalue weighted by Crippen LogP contribution is 2.20. The number of aryl methyl sites for hydroxylation is 2. The van der Waals surface area contributed by atoms with Crippen molar-refractivity contribution in [2.45, 2.75) is 4.90 Å². The number of fused-ring (bicyclic) bond motifs is 1. The van der Waals surface area contributed by atoms with Crippen molar-refractivity contribution in [2.24, 2.45) is 14.1 Å². The zero-order valence-corrected chi connectivity index (χ0v) is 15.1. The Morgan fingerprint density at radius 1 is 0.963 bits per heavy atom. The lowest BCUT2D eigenvalue weighted by atomic mass is 10.2. The summed E-state index contributed by atoms with van der Waals surface area (Å²) >= 11 is 0. The van der Waals surface area contributed by atoms with E-state index in [1.807, 2.05) is 0 Å². The van der Waals surface area contributed by atoms with E-state index in [0.29, 0.717) is 5.52 Å². The van der Waals surface area contributed by atoms with Crippen LogP contribution < -0.4 is 15.8 Å². The Morgan fingerprint density at radius 2 is 1.59 bits per heavy atom. The molecule has 0 bridgehead atoms. The number of aromatic nitrogens is 2. The fourth-order valence-electron chi connectivity index (χ4n) is 2.66. The summed E-state index contributed by atoms with van der Waals surface area (Å²) in [4.78, 5) is 34.7. The highest BCUT2D eigenvalue weighted by Gasteiger charge is 2.18. The summed E-state index contributed by atoms with van der Waals surface area (Å²) < 4.78 is 29.9. The van der Waals surface area contributed by atoms with Crippen LogP contribution in [0.1, 0.15) is 10.4 Å². The predicted octanol–water partition coefficient (Wildman–Crippen LogP) is 0.736. The second kappa shape index (κ2) is 6.40. The third-order valence-electron chi connectivity index (χ3n) is 4.13. The van der Waals surface area contributed by atoms with Crippen LogP contribution in [0.2, 0.25) is 0 Å². The topological polar surface area (TPSA) is 127 Å². The van der Waals surface area contributed by atoms with Crippen LogP contribution in [0.5, 0.6) is 0 Å². The first-order chi connectivity index (χ1) is 12.6. The number of aromatic carboxylic acids is 1. The molecule has 0 fully saturated rings. The van der Waals surface area contributed by atoms with Crippen LogP contribution in [0.15, 0.2) is 56.9 Å². The molecule has 0 saturated heterocycles. The van der Waals surface area contributed by atoms with Gasteiger partial charge in [0.05, 0.1) is 21.5 Å². The first kappa shape index (κ1) is 18.4. The van der Waals surface area contributed by atoms with Crippen molar-refractivity contribution in [3.8, 4) is 0 Å². The molecule has 3 aromatic rings. The molecule has 27 heavy (non-hydrogen) atoms. The van der Waals surface area contributed by atoms with Gasteiger partial charge in [-0.05, 0) is 36.4 Å². The van der Waals surface area contributed by atoms with Gasteiger partial charge < -0.3 is 14.2 Å². The van der Waals surface area contributed by atoms with E-state index in [0.717, 1.165) is 9.13 Å². The lowest BCUT2D eigenvalue weighted by Gasteiger charge is -2.12. The monoisotopic (exact) mass is 389 g/mol. The van der Waals surface area contributed by atoms with Crippen molar-refractivity contribution in [1.82, 2.24) is 9.13 Å². The summed E-state index contributed by atoms with van der Waals surface area (Å²) in [5.74, 6) is -1.18. The second-order valence-electron chi connectivity index (χ2n) is 5.87. The molecule has 0 spiro atoms. The van der Waals surface area contributed by atoms with Gasteiger partial charge in [0.15, 0.2) is 0 Å². The lowest BCUT2D eigenvalue weighted by molar-refractivity contribution is 0.0697. The molecule has 0 aliphatic heterocycles. The smallest absolute Gasteiger partial charge is 0.335 e. The molecule has 0 aliphatic carbocycles. The molecule has 10 heteroatoms. The van der Waals surface area contributed by atoms with Gasteiger partial charge in [-0.15, -0.1) is 0 Å². The number of nitrogens with one attached hydrogen (secondary N) is 1. The van der Waals surface area contributed by atoms with E-state index in [1.54, 1.807) is 0 Å². The molecular formula is C17H15N3O6S. The van der Waals surface area contributed by atoms with Crippen LogP contribution >= 0.6 is 0 Å². The van der Waals surface area contributed by atoms with Crippen LogP contribution in [0, 0.1) is 0 Å². The maximum absolute atomic E-state index is 12.7. The first-order valence-corrected chi connectivity index (χ1v) is 9.16. The van der Waals surface area contributed by atoms with Gasteiger partial charge in [0, 0.05) is 19.8 Å². The minimum absolute atomic E-state index is 0.0638. The number of carbonyl (C=O) groups is 1. The van der Waals surface area contributed by atoms with Gasteiger partial charge in [-0.25, -0.2) is 13.2 Å². The van der Waals surface area contributed by atoms with Crippen molar-refractivity contribution in [3.63, 3.8) is 0 Å². The fourth-order valence-corrected chi connectivity index (χ4v) is 3.73. The number of hydrogen-bond acceptors (Lipinski definition) is 5. The Morgan fingerprint density at radius 3 is 2.22 bits per heavy atom. The van der Waals surface area contributed by atoms with Crippen LogP contribution in [-0.2, 0) is 24.1 Å². The molecule has 0 amide bonds. The van der Waals surface area contributed by atoms with E-state index in [1.165, 1.54) is 56.6 Å². The molecule has 140 valence electrons. The summed E-state index contributed by atoms with van der Waals surface area (Å²) in [6, 6.07) is 9.38. The second-order valence-corrected chi connectivity index (χ2v) is 7.55. The molecule has 0 atom stereocenters. The van der Waals surface area contributed by atoms with Gasteiger partial charge in [0.1, 0.15) is 0 Å². The maximum Gasteiger partial charge on any atom is 0.335 e. The van der Waals surface area contributed by atoms with Gasteiger partial charge in [-0.1, -0.05) is 6.07 Å². The minimum Gasteiger partial charge on any atom is -0.478 e. The van der Waals surface area contributed by atoms with Gasteiger partial charge in [-0.3, -0.25) is 14.3 Å². The van der Waals surface area contributed by atoms with Crippen molar-refractivity contribution in [2.75, 3.05) is 4.72 Å². The Labute approximate surface area is 153 Å². The molecule has 9 nitrogen and oxygen atoms in total. The van der Waals surface area contributed by atoms with E-state index in [-0.39, 0.29) is 21.7 Å². The summed E-state index contributed by atoms with van der Waals surface area (Å²) in [7, 11) is -1.24. The number of carboxylic acids is 1. The van der Waals surface area contributed by atoms with Crippen molar-refractivity contribution in [1.29, 1.82) is 0 Å². The normalized spacial score (nSPS) is 11.5. The third-order valence-corrected chi connectivity index (χ3v) is 5.51. The average Bonchev–Trinajstić information content (AvgIpc) is 2.64. The van der Waals surface area contributed by atoms with E-state index in [2.05, 4.69) is 4.72 Å². The highest BCUT2D eigenvalue weighted by molar-refractivity contribution is 7.92. The highest BCUT2D eigenvalue weighted by atomic mass is 32.2. The number of rotatable bonds is 4. The molecule has 0 aliphatic rings. The summed E-state index contributed by atoms with van der Waals surface area (Å²) in [6.45, 7) is 0. The SMILES string of the molecule is Cn1c(=O)c(=O)n(C)c2cc(S(=O)(=O)Nc3cccc(C(=O)O)c3)ccc21. The average molecular weight is 389 g/mol. The van der Waals surface area contributed by atoms with Crippen molar-refractivity contribution in [3.05, 3.63) is 68.7 Å². The number of carboxylic acid groups (broad SMARTS) is 1. The van der Waals surface area contributed by atoms with E-state index in [4.69, 9.17) is 5.11 Å². The van der Waals surface area contributed by atoms with Crippen molar-refractivity contribution >= 4 is 32.7 Å². The maximum atomic E-state index is 12.7. The lowest BCUT2D eigenvalue weighted by Crippen LogP contribution is -2.39. The van der Waals surface area contributed by atoms with Crippen LogP contribution in [0.3, 0.4) is 0 Å². The van der Waals surface area contributed by atoms with Crippen LogP contribution in [0.4, 0.5) is 5.69 Å². The first-order valence-electron chi connectivity index (χ1n) is 7.68. The van der Waals surface area contributed by atoms with E-state index >= 15 is 0 Å². The number of hydrogen-bond donors (Lipinski definition) is 2. The van der Waals surface area contributed by atoms with Crippen LogP contribution in [-0.4, -0.2) is 28.6 Å². The van der Waals surface area contributed by atoms with Crippen molar-refractivity contribution < 1.29 is 18.3 Å². The number of sulfonamides is 1. The molecule has 2 aromatic carbocycles. The summed E-state index contributed by atoms with van der Waals surface area (Å²) in [6.07, 6.45) is 0. The zero-order chi connectivity index (χ0) is 19.9. The Balaban J connectivity index is 2.11. The van der Waals surface area contributed by atoms with Gasteiger partial charge >= 0.3 is 17.1 Å². The molecule has 2 N–H and O–H groups in total. The number of benzene rings is 2. The van der Waals surface area contributed by atoms with Gasteiger partial charge in [0.2, 0.25) is 0 Å². The zero-order valence-electron chi connectivity index (χ0n) is 14.3. The molecule has 0 saturated carbocycles. The molecule has 1 aromatic heterocycles. The van der Waals surface area contributed by atoms with Gasteiger partial charge in [0.25, 0.3) is 10.0 Å². The summed E-state index contributed by atoms with van der Waals surface area (Å²) in [5.41, 5.74) is -0.806. The molecule has 3 rings (SSSR count). The predicted molar refractivity (Wildman–Crippen MR) is 98.6 cm³/mol. The molecule has 1 heterocycles. The Kier molecular flexibility index (Phi) is 4.36. The van der Waals surface area contributed by atoms with Gasteiger partial charge in [-0.2, -0.15) is 0 Å². The number of nitrogens with zero attached hydrogens (tertiary/aromatic N) is 2. The molecule has 0 radical (unpaired) electrons. The quantitative estimate of drug-likeness (QED) is 0.634. The Hall–Kier alpha value is -3.40. The number of anilines is 1. The standard InChI is InChI=1S/C17H15N3O6S/c1-19-13-7-6-12(9-14(13)20(2)16(22)15(19)21)27(25,26)18-11-5-3-4-10(8-11)17(23)24/h3-9,18H,1-2H3,(H,23,24). The van der Waals surface area contributed by atoms with E-state index < -0.39 is 27.1 Å². The fraction of sp³-hybridized carbons (Fsp3) is 0.118. The van der Waals surface area contributed by atoms with E-state index in [9.17, 15) is 22.8 Å². The largest absolute Gasteiger partial charge is 0.478 e. The molecular weight excluding hydrogens is 374 g/mol. The van der Waals surface area contributed by atoms with Crippen LogP contribution in [0.25, 0.3) is 11.0 Å². The summed E-state index contributed by atoms with van der Waals surface area (Å²) in [5, 5.41) is 9.01. The third kappa shape index (κ3) is 3.22. The molecule has 0 unspecified atom stereocenters. The minimum atomic E-state index is -4.05.